The van der Waals surface area contributed by atoms with Crippen LogP contribution >= 0.6 is 0 Å². The molecule has 20 nitrogen and oxygen atoms in total. The lowest BCUT2D eigenvalue weighted by molar-refractivity contribution is -0.384. The van der Waals surface area contributed by atoms with E-state index in [9.17, 15) is 28.4 Å². The van der Waals surface area contributed by atoms with Crippen LogP contribution in [0.5, 0.6) is 11.6 Å². The number of nitro benzene ring substituents is 1. The Morgan fingerprint density at radius 2 is 1.66 bits per heavy atom. The van der Waals surface area contributed by atoms with Gasteiger partial charge in [0.2, 0.25) is 5.88 Å². The number of para-hydroxylation sites is 1. The van der Waals surface area contributed by atoms with E-state index in [-0.39, 0.29) is 40.8 Å². The molecule has 13 rings (SSSR count). The van der Waals surface area contributed by atoms with Crippen LogP contribution in [0.3, 0.4) is 0 Å². The maximum atomic E-state index is 14.9. The monoisotopic (exact) mass is 1210 g/mol. The highest BCUT2D eigenvalue weighted by atomic mass is 32.2. The number of rotatable bonds is 16. The molecule has 5 aliphatic heterocycles. The van der Waals surface area contributed by atoms with Gasteiger partial charge in [0.15, 0.2) is 0 Å². The third-order valence-electron chi connectivity index (χ3n) is 19.7. The summed E-state index contributed by atoms with van der Waals surface area (Å²) in [5.41, 5.74) is 5.79. The quantitative estimate of drug-likeness (QED) is 0.0523. The summed E-state index contributed by atoms with van der Waals surface area (Å²) in [5.74, 6) is 0.619. The number of aliphatic hydroxyl groups is 1. The molecule has 0 radical (unpaired) electrons. The lowest BCUT2D eigenvalue weighted by Gasteiger charge is -2.58. The molecule has 4 aromatic carbocycles. The number of benzene rings is 4. The van der Waals surface area contributed by atoms with E-state index in [1.807, 2.05) is 37.4 Å². The van der Waals surface area contributed by atoms with Gasteiger partial charge >= 0.3 is 0 Å². The summed E-state index contributed by atoms with van der Waals surface area (Å²) in [6.45, 7) is 17.1. The van der Waals surface area contributed by atoms with E-state index in [0.29, 0.717) is 74.0 Å². The summed E-state index contributed by atoms with van der Waals surface area (Å²) in [6.07, 6.45) is 8.95. The van der Waals surface area contributed by atoms with Gasteiger partial charge in [-0.05, 0) is 163 Å². The molecule has 1 amide bonds. The third kappa shape index (κ3) is 12.3. The van der Waals surface area contributed by atoms with Crippen LogP contribution in [0.25, 0.3) is 11.0 Å². The molecule has 4 N–H and O–H groups in total. The second-order valence-corrected chi connectivity index (χ2v) is 27.8. The number of H-pyrrole nitrogens is 1. The van der Waals surface area contributed by atoms with Crippen molar-refractivity contribution in [2.24, 2.45) is 11.3 Å². The van der Waals surface area contributed by atoms with Gasteiger partial charge in [0.25, 0.3) is 21.6 Å². The number of carbonyl (C=O) groups excluding carboxylic acids is 1. The molecular weight excluding hydrogens is 1120 g/mol. The van der Waals surface area contributed by atoms with Gasteiger partial charge in [-0.25, -0.2) is 13.1 Å². The van der Waals surface area contributed by atoms with Crippen molar-refractivity contribution in [3.05, 3.63) is 130 Å². The average molecular weight is 1210 g/mol. The van der Waals surface area contributed by atoms with Crippen LogP contribution in [0.4, 0.5) is 34.1 Å². The Morgan fingerprint density at radius 3 is 2.43 bits per heavy atom. The number of anilines is 5. The summed E-state index contributed by atoms with van der Waals surface area (Å²) >= 11 is 0. The number of piperazine rings is 1. The molecule has 87 heavy (non-hydrogen) atoms. The number of hydrogen-bond donors (Lipinski definition) is 4. The Kier molecular flexibility index (Phi) is 16.4. The zero-order chi connectivity index (χ0) is 60.2. The highest BCUT2D eigenvalue weighted by Crippen LogP contribution is 2.54. The van der Waals surface area contributed by atoms with Crippen LogP contribution in [0.2, 0.25) is 0 Å². The standard InChI is InChI=1S/C66H82N10O10S/c1-43(2)85-60-8-6-5-7-52(60)59-40-71(39-46-9-11-48(12-10-46)73-30-32-84-41-44(73)3)28-29-74(59)50-36-66(37-50)23-26-72(27-24-66)49-13-15-53(56(34-49)75-55-20-31-83-42-61(55)86-64-58(75)33-47-19-25-67-62(47)69-64)63(77)70-87(81,82)51-14-16-54(57(35-51)76(79)80)68-38-45-17-21-65(4,78)22-18-45/h5-16,19,25,33-35,43-45,50,55,59,61,68,78H,17-18,20-24,26-32,36-42H2,1-4H3,(H,67,69)(H,70,77)/t44-,45?,55+,59-,61+,65?/m1/s1. The zero-order valence-corrected chi connectivity index (χ0v) is 51.2. The highest BCUT2D eigenvalue weighted by molar-refractivity contribution is 7.90. The van der Waals surface area contributed by atoms with Crippen molar-refractivity contribution >= 4 is 61.1 Å². The summed E-state index contributed by atoms with van der Waals surface area (Å²) < 4.78 is 55.7. The van der Waals surface area contributed by atoms with Gasteiger partial charge in [-0.2, -0.15) is 4.98 Å². The van der Waals surface area contributed by atoms with Crippen LogP contribution < -0.4 is 34.2 Å². The van der Waals surface area contributed by atoms with Gasteiger partial charge in [-0.15, -0.1) is 0 Å². The molecule has 0 unspecified atom stereocenters. The summed E-state index contributed by atoms with van der Waals surface area (Å²) in [5, 5.41) is 26.9. The van der Waals surface area contributed by atoms with E-state index < -0.39 is 43.1 Å². The topological polar surface area (TPSA) is 220 Å². The Balaban J connectivity index is 0.741. The zero-order valence-electron chi connectivity index (χ0n) is 50.4. The van der Waals surface area contributed by atoms with Crippen LogP contribution in [0.1, 0.15) is 113 Å². The molecule has 6 fully saturated rings. The molecule has 2 aromatic heterocycles. The van der Waals surface area contributed by atoms with Gasteiger partial charge in [0.1, 0.15) is 28.9 Å². The number of carbonyl (C=O) groups is 1. The number of fused-ring (bicyclic) bond motifs is 3. The highest BCUT2D eigenvalue weighted by Gasteiger charge is 2.51. The normalized spacial score (nSPS) is 25.4. The number of aromatic nitrogens is 2. The number of hydrogen-bond acceptors (Lipinski definition) is 17. The van der Waals surface area contributed by atoms with Gasteiger partial charge < -0.3 is 49.1 Å². The molecule has 0 bridgehead atoms. The van der Waals surface area contributed by atoms with Crippen LogP contribution in [0, 0.1) is 21.4 Å². The summed E-state index contributed by atoms with van der Waals surface area (Å²) in [4.78, 5) is 46.7. The molecule has 462 valence electrons. The predicted octanol–water partition coefficient (Wildman–Crippen LogP) is 9.95. The number of sulfonamides is 1. The number of nitro groups is 1. The predicted molar refractivity (Wildman–Crippen MR) is 335 cm³/mol. The molecule has 4 atom stereocenters. The first-order valence-electron chi connectivity index (χ1n) is 31.3. The fourth-order valence-electron chi connectivity index (χ4n) is 14.8. The first-order valence-corrected chi connectivity index (χ1v) is 32.8. The van der Waals surface area contributed by atoms with Crippen molar-refractivity contribution in [1.29, 1.82) is 0 Å². The minimum Gasteiger partial charge on any atom is -0.491 e. The SMILES string of the molecule is CC(C)Oc1ccccc1[C@H]1CN(Cc2ccc(N3CCOC[C@H]3C)cc2)CCN1C1CC2(CCN(c3ccc(C(=O)NS(=O)(=O)c4ccc(NCC5CCC(C)(O)CC5)c([N+](=O)[O-])c4)c(N4c5cc6cc[nH]c6nc5O[C@H]5COCC[C@@H]54)c3)CC2)C1. The summed E-state index contributed by atoms with van der Waals surface area (Å²) in [7, 11) is -4.65. The average Bonchev–Trinajstić information content (AvgIpc) is 1.61. The number of ether oxygens (including phenoxy) is 4. The minimum atomic E-state index is -4.65. The number of nitrogens with zero attached hydrogens (tertiary/aromatic N) is 7. The van der Waals surface area contributed by atoms with Gasteiger partial charge in [0.05, 0.1) is 64.7 Å². The van der Waals surface area contributed by atoms with E-state index in [1.165, 1.54) is 28.9 Å². The number of nitrogens with one attached hydrogen (secondary N) is 3. The van der Waals surface area contributed by atoms with Gasteiger partial charge in [-0.3, -0.25) is 24.7 Å². The van der Waals surface area contributed by atoms with E-state index in [2.05, 4.69) is 109 Å². The maximum Gasteiger partial charge on any atom is 0.293 e. The van der Waals surface area contributed by atoms with Crippen LogP contribution in [-0.2, 0) is 26.0 Å². The molecule has 4 saturated heterocycles. The molecule has 2 aliphatic carbocycles. The van der Waals surface area contributed by atoms with Crippen molar-refractivity contribution in [1.82, 2.24) is 24.5 Å². The first kappa shape index (κ1) is 59.0. The van der Waals surface area contributed by atoms with Crippen LogP contribution in [0.15, 0.2) is 108 Å². The Labute approximate surface area is 509 Å². The molecule has 1 spiro atoms. The number of aromatic amines is 1. The lowest BCUT2D eigenvalue weighted by Crippen LogP contribution is -2.59. The number of amides is 1. The fraction of sp³-hybridized carbons (Fsp3) is 0.515. The Morgan fingerprint density at radius 1 is 0.885 bits per heavy atom. The molecule has 6 aromatic rings. The molecule has 2 saturated carbocycles. The van der Waals surface area contributed by atoms with E-state index >= 15 is 0 Å². The number of piperidine rings is 1. The second-order valence-electron chi connectivity index (χ2n) is 26.1. The summed E-state index contributed by atoms with van der Waals surface area (Å²) in [6, 6.07) is 31.6. The molecule has 7 heterocycles. The molecular formula is C66H82N10O10S. The first-order chi connectivity index (χ1) is 41.9. The number of morpholine rings is 1. The van der Waals surface area contributed by atoms with Crippen molar-refractivity contribution < 1.29 is 42.2 Å². The van der Waals surface area contributed by atoms with Gasteiger partial charge in [0, 0.05) is 106 Å². The van der Waals surface area contributed by atoms with E-state index in [1.54, 1.807) is 6.07 Å². The van der Waals surface area contributed by atoms with E-state index in [4.69, 9.17) is 23.9 Å². The van der Waals surface area contributed by atoms with Crippen LogP contribution in [-0.4, -0.2) is 152 Å². The Bertz CT molecular complexity index is 3590. The van der Waals surface area contributed by atoms with Crippen molar-refractivity contribution in [2.45, 2.75) is 139 Å². The number of pyridine rings is 1. The minimum absolute atomic E-state index is 0.0459. The van der Waals surface area contributed by atoms with Crippen molar-refractivity contribution in [3.63, 3.8) is 0 Å². The lowest BCUT2D eigenvalue weighted by atomic mass is 9.59. The van der Waals surface area contributed by atoms with Gasteiger partial charge in [-0.1, -0.05) is 30.3 Å². The molecule has 7 aliphatic rings. The molecule has 21 heteroatoms. The van der Waals surface area contributed by atoms with Crippen molar-refractivity contribution in [3.8, 4) is 11.6 Å². The third-order valence-corrected chi connectivity index (χ3v) is 21.1. The van der Waals surface area contributed by atoms with E-state index in [0.717, 1.165) is 120 Å². The largest absolute Gasteiger partial charge is 0.491 e. The maximum absolute atomic E-state index is 14.9. The Hall–Kier alpha value is -7.01. The van der Waals surface area contributed by atoms with Crippen molar-refractivity contribution in [2.75, 3.05) is 92.3 Å². The fourth-order valence-corrected chi connectivity index (χ4v) is 15.8. The second kappa shape index (κ2) is 24.2. The smallest absolute Gasteiger partial charge is 0.293 e.